The first-order valence-corrected chi connectivity index (χ1v) is 4.95. The van der Waals surface area contributed by atoms with Crippen molar-refractivity contribution in [3.8, 4) is 0 Å². The van der Waals surface area contributed by atoms with Crippen LogP contribution in [0.1, 0.15) is 15.9 Å². The molecule has 1 aromatic carbocycles. The summed E-state index contributed by atoms with van der Waals surface area (Å²) in [6.45, 7) is 1.93. The molecule has 3 nitrogen and oxygen atoms in total. The Morgan fingerprint density at radius 3 is 2.64 bits per heavy atom. The molecule has 0 aliphatic heterocycles. The Morgan fingerprint density at radius 1 is 1.50 bits per heavy atom. The molecule has 0 aromatic heterocycles. The Kier molecular flexibility index (Phi) is 3.52. The number of rotatable bonds is 2. The van der Waals surface area contributed by atoms with Gasteiger partial charge in [0.1, 0.15) is 0 Å². The predicted octanol–water partition coefficient (Wildman–Crippen LogP) is 2.59. The van der Waals surface area contributed by atoms with E-state index < -0.39 is 0 Å². The summed E-state index contributed by atoms with van der Waals surface area (Å²) in [6.07, 6.45) is 0. The normalized spacial score (nSPS) is 9.71. The Hall–Kier alpha value is -1.03. The van der Waals surface area contributed by atoms with Gasteiger partial charge < -0.3 is 10.1 Å². The molecular weight excluding hydrogens is 246 g/mol. The van der Waals surface area contributed by atoms with Gasteiger partial charge in [0.15, 0.2) is 0 Å². The number of benzene rings is 1. The maximum absolute atomic E-state index is 11.4. The highest BCUT2D eigenvalue weighted by molar-refractivity contribution is 9.10. The average molecular weight is 258 g/mol. The Morgan fingerprint density at radius 2 is 2.14 bits per heavy atom. The predicted molar refractivity (Wildman–Crippen MR) is 59.8 cm³/mol. The van der Waals surface area contributed by atoms with Crippen LogP contribution in [0.3, 0.4) is 0 Å². The molecule has 0 unspecified atom stereocenters. The summed E-state index contributed by atoms with van der Waals surface area (Å²) in [5.41, 5.74) is 2.35. The lowest BCUT2D eigenvalue weighted by Gasteiger charge is -2.11. The SMILES string of the molecule is CNc1c(C)cc(Br)cc1C(=O)OC. The molecule has 0 amide bonds. The Balaban J connectivity index is 3.32. The average Bonchev–Trinajstić information content (AvgIpc) is 2.15. The van der Waals surface area contributed by atoms with Crippen molar-refractivity contribution in [2.75, 3.05) is 19.5 Å². The van der Waals surface area contributed by atoms with Crippen LogP contribution in [0.25, 0.3) is 0 Å². The monoisotopic (exact) mass is 257 g/mol. The van der Waals surface area contributed by atoms with Crippen molar-refractivity contribution < 1.29 is 9.53 Å². The highest BCUT2D eigenvalue weighted by Crippen LogP contribution is 2.25. The molecule has 14 heavy (non-hydrogen) atoms. The number of methoxy groups -OCH3 is 1. The zero-order valence-corrected chi connectivity index (χ0v) is 9.94. The van der Waals surface area contributed by atoms with Crippen LogP contribution in [-0.4, -0.2) is 20.1 Å². The second-order valence-electron chi connectivity index (χ2n) is 2.89. The minimum Gasteiger partial charge on any atom is -0.465 e. The number of hydrogen-bond donors (Lipinski definition) is 1. The molecule has 0 spiro atoms. The van der Waals surface area contributed by atoms with Gasteiger partial charge in [-0.2, -0.15) is 0 Å². The van der Waals surface area contributed by atoms with Crippen LogP contribution < -0.4 is 5.32 Å². The second kappa shape index (κ2) is 4.46. The maximum Gasteiger partial charge on any atom is 0.340 e. The van der Waals surface area contributed by atoms with E-state index in [1.165, 1.54) is 7.11 Å². The summed E-state index contributed by atoms with van der Waals surface area (Å²) in [4.78, 5) is 11.4. The lowest BCUT2D eigenvalue weighted by atomic mass is 10.1. The number of carbonyl (C=O) groups is 1. The quantitative estimate of drug-likeness (QED) is 0.828. The van der Waals surface area contributed by atoms with Crippen molar-refractivity contribution in [2.45, 2.75) is 6.92 Å². The number of ether oxygens (including phenoxy) is 1. The van der Waals surface area contributed by atoms with Gasteiger partial charge in [-0.05, 0) is 24.6 Å². The van der Waals surface area contributed by atoms with Crippen molar-refractivity contribution in [3.05, 3.63) is 27.7 Å². The van der Waals surface area contributed by atoms with Gasteiger partial charge >= 0.3 is 5.97 Å². The third kappa shape index (κ3) is 2.07. The zero-order valence-electron chi connectivity index (χ0n) is 8.35. The summed E-state index contributed by atoms with van der Waals surface area (Å²) in [7, 11) is 3.15. The fourth-order valence-corrected chi connectivity index (χ4v) is 1.92. The van der Waals surface area contributed by atoms with E-state index in [1.54, 1.807) is 13.1 Å². The van der Waals surface area contributed by atoms with E-state index in [1.807, 2.05) is 13.0 Å². The summed E-state index contributed by atoms with van der Waals surface area (Å²) in [5.74, 6) is -0.334. The molecule has 0 atom stereocenters. The first kappa shape index (κ1) is 11.0. The highest BCUT2D eigenvalue weighted by atomic mass is 79.9. The zero-order chi connectivity index (χ0) is 10.7. The Labute approximate surface area is 91.6 Å². The molecule has 0 bridgehead atoms. The molecular formula is C10H12BrNO2. The van der Waals surface area contributed by atoms with Gasteiger partial charge in [-0.25, -0.2) is 4.79 Å². The molecule has 1 N–H and O–H groups in total. The topological polar surface area (TPSA) is 38.3 Å². The van der Waals surface area contributed by atoms with Gasteiger partial charge in [-0.1, -0.05) is 15.9 Å². The smallest absolute Gasteiger partial charge is 0.340 e. The third-order valence-electron chi connectivity index (χ3n) is 1.96. The van der Waals surface area contributed by atoms with Gasteiger partial charge in [0, 0.05) is 11.5 Å². The van der Waals surface area contributed by atoms with Crippen LogP contribution in [0.2, 0.25) is 0 Å². The summed E-state index contributed by atoms with van der Waals surface area (Å²) >= 11 is 3.34. The molecule has 1 aromatic rings. The number of anilines is 1. The largest absolute Gasteiger partial charge is 0.465 e. The van der Waals surface area contributed by atoms with E-state index in [2.05, 4.69) is 26.0 Å². The summed E-state index contributed by atoms with van der Waals surface area (Å²) in [5, 5.41) is 2.98. The standard InChI is InChI=1S/C10H12BrNO2/c1-6-4-7(11)5-8(9(6)12-2)10(13)14-3/h4-5,12H,1-3H3. The third-order valence-corrected chi connectivity index (χ3v) is 2.41. The van der Waals surface area contributed by atoms with Crippen LogP contribution in [0.15, 0.2) is 16.6 Å². The second-order valence-corrected chi connectivity index (χ2v) is 3.80. The maximum atomic E-state index is 11.4. The first-order chi connectivity index (χ1) is 6.60. The number of nitrogens with one attached hydrogen (secondary N) is 1. The van der Waals surface area contributed by atoms with Crippen LogP contribution in [-0.2, 0) is 4.74 Å². The van der Waals surface area contributed by atoms with Gasteiger partial charge in [0.05, 0.1) is 18.4 Å². The van der Waals surface area contributed by atoms with Crippen molar-refractivity contribution in [2.24, 2.45) is 0 Å². The minimum atomic E-state index is -0.334. The lowest BCUT2D eigenvalue weighted by molar-refractivity contribution is 0.0601. The molecule has 0 heterocycles. The number of carbonyl (C=O) groups excluding carboxylic acids is 1. The van der Waals surface area contributed by atoms with E-state index in [4.69, 9.17) is 0 Å². The summed E-state index contributed by atoms with van der Waals surface area (Å²) in [6, 6.07) is 3.68. The lowest BCUT2D eigenvalue weighted by Crippen LogP contribution is -2.07. The van der Waals surface area contributed by atoms with Crippen LogP contribution >= 0.6 is 15.9 Å². The van der Waals surface area contributed by atoms with Crippen molar-refractivity contribution in [1.29, 1.82) is 0 Å². The van der Waals surface area contributed by atoms with E-state index in [0.717, 1.165) is 15.7 Å². The van der Waals surface area contributed by atoms with Crippen LogP contribution in [0, 0.1) is 6.92 Å². The van der Waals surface area contributed by atoms with Gasteiger partial charge in [0.2, 0.25) is 0 Å². The van der Waals surface area contributed by atoms with Gasteiger partial charge in [-0.3, -0.25) is 0 Å². The fraction of sp³-hybridized carbons (Fsp3) is 0.300. The number of halogens is 1. The molecule has 0 aliphatic carbocycles. The van der Waals surface area contributed by atoms with Gasteiger partial charge in [0.25, 0.3) is 0 Å². The molecule has 0 fully saturated rings. The first-order valence-electron chi connectivity index (χ1n) is 4.16. The summed E-state index contributed by atoms with van der Waals surface area (Å²) < 4.78 is 5.56. The number of aryl methyl sites for hydroxylation is 1. The molecule has 4 heteroatoms. The number of esters is 1. The molecule has 0 aliphatic rings. The van der Waals surface area contributed by atoms with Crippen molar-refractivity contribution >= 4 is 27.6 Å². The Bertz CT molecular complexity index is 363. The molecule has 76 valence electrons. The minimum absolute atomic E-state index is 0.334. The van der Waals surface area contributed by atoms with E-state index in [0.29, 0.717) is 5.56 Å². The molecule has 1 rings (SSSR count). The van der Waals surface area contributed by atoms with Gasteiger partial charge in [-0.15, -0.1) is 0 Å². The van der Waals surface area contributed by atoms with Crippen LogP contribution in [0.4, 0.5) is 5.69 Å². The van der Waals surface area contributed by atoms with E-state index in [-0.39, 0.29) is 5.97 Å². The van der Waals surface area contributed by atoms with Crippen molar-refractivity contribution in [1.82, 2.24) is 0 Å². The molecule has 0 saturated heterocycles. The molecule has 0 radical (unpaired) electrons. The fourth-order valence-electron chi connectivity index (χ4n) is 1.35. The van der Waals surface area contributed by atoms with E-state index >= 15 is 0 Å². The van der Waals surface area contributed by atoms with E-state index in [9.17, 15) is 4.79 Å². The number of hydrogen-bond acceptors (Lipinski definition) is 3. The molecule has 0 saturated carbocycles. The van der Waals surface area contributed by atoms with Crippen molar-refractivity contribution in [3.63, 3.8) is 0 Å². The van der Waals surface area contributed by atoms with Crippen LogP contribution in [0.5, 0.6) is 0 Å². The highest BCUT2D eigenvalue weighted by Gasteiger charge is 2.13.